The smallest absolute Gasteiger partial charge is 0.256 e. The number of rotatable bonds is 1. The normalized spacial score (nSPS) is 16.5. The molecule has 1 aromatic heterocycles. The molecule has 79 valence electrons. The zero-order chi connectivity index (χ0) is 10.7. The maximum atomic E-state index is 12.0. The fourth-order valence-electron chi connectivity index (χ4n) is 1.66. The average molecular weight is 204 g/mol. The molecular weight excluding hydrogens is 190 g/mol. The molecule has 1 aliphatic heterocycles. The van der Waals surface area contributed by atoms with Crippen LogP contribution in [-0.2, 0) is 0 Å². The number of nitrogens with zero attached hydrogens (tertiary/aromatic N) is 2. The Bertz CT molecular complexity index is 359. The van der Waals surface area contributed by atoms with Crippen molar-refractivity contribution in [1.82, 2.24) is 15.2 Å². The van der Waals surface area contributed by atoms with Crippen LogP contribution in [0.3, 0.4) is 0 Å². The summed E-state index contributed by atoms with van der Waals surface area (Å²) in [4.78, 5) is 17.8. The van der Waals surface area contributed by atoms with Gasteiger partial charge in [-0.3, -0.25) is 9.78 Å². The predicted octanol–water partition coefficient (Wildman–Crippen LogP) is 0.236. The van der Waals surface area contributed by atoms with Crippen molar-refractivity contribution in [1.29, 1.82) is 0 Å². The summed E-state index contributed by atoms with van der Waals surface area (Å²) < 4.78 is 0. The summed E-state index contributed by atoms with van der Waals surface area (Å²) in [5, 5.41) is 3.22. The molecule has 2 heterocycles. The van der Waals surface area contributed by atoms with E-state index < -0.39 is 0 Å². The topological polar surface area (TPSA) is 45.2 Å². The SMILES string of the molecule is Cc1ccn[c]c1C(=O)N1CCNCC1. The molecule has 2 rings (SSSR count). The van der Waals surface area contributed by atoms with Gasteiger partial charge in [-0.15, -0.1) is 0 Å². The Balaban J connectivity index is 2.16. The number of amides is 1. The summed E-state index contributed by atoms with van der Waals surface area (Å²) in [7, 11) is 0. The Hall–Kier alpha value is -1.42. The molecule has 15 heavy (non-hydrogen) atoms. The molecule has 0 aromatic carbocycles. The second-order valence-corrected chi connectivity index (χ2v) is 3.66. The first-order chi connectivity index (χ1) is 7.29. The van der Waals surface area contributed by atoms with Gasteiger partial charge in [-0.05, 0) is 18.6 Å². The lowest BCUT2D eigenvalue weighted by Gasteiger charge is -2.27. The highest BCUT2D eigenvalue weighted by Gasteiger charge is 2.19. The number of aryl methyl sites for hydroxylation is 1. The van der Waals surface area contributed by atoms with Gasteiger partial charge in [-0.25, -0.2) is 0 Å². The van der Waals surface area contributed by atoms with E-state index in [1.807, 2.05) is 17.9 Å². The number of hydrogen-bond donors (Lipinski definition) is 1. The van der Waals surface area contributed by atoms with Crippen molar-refractivity contribution in [3.63, 3.8) is 0 Å². The van der Waals surface area contributed by atoms with Crippen LogP contribution in [-0.4, -0.2) is 42.0 Å². The quantitative estimate of drug-likeness (QED) is 0.712. The van der Waals surface area contributed by atoms with Crippen LogP contribution in [0.25, 0.3) is 0 Å². The molecule has 0 spiro atoms. The Morgan fingerprint density at radius 1 is 1.53 bits per heavy atom. The summed E-state index contributed by atoms with van der Waals surface area (Å²) >= 11 is 0. The second-order valence-electron chi connectivity index (χ2n) is 3.66. The molecule has 1 aliphatic rings. The third-order valence-corrected chi connectivity index (χ3v) is 2.59. The minimum Gasteiger partial charge on any atom is -0.336 e. The number of nitrogens with one attached hydrogen (secondary N) is 1. The van der Waals surface area contributed by atoms with Crippen molar-refractivity contribution >= 4 is 5.91 Å². The van der Waals surface area contributed by atoms with Crippen LogP contribution < -0.4 is 5.32 Å². The van der Waals surface area contributed by atoms with E-state index in [0.717, 1.165) is 31.7 Å². The molecule has 0 unspecified atom stereocenters. The largest absolute Gasteiger partial charge is 0.336 e. The lowest BCUT2D eigenvalue weighted by atomic mass is 10.1. The van der Waals surface area contributed by atoms with Crippen LogP contribution in [0.5, 0.6) is 0 Å². The third-order valence-electron chi connectivity index (χ3n) is 2.59. The highest BCUT2D eigenvalue weighted by molar-refractivity contribution is 5.95. The van der Waals surface area contributed by atoms with E-state index in [2.05, 4.69) is 16.5 Å². The van der Waals surface area contributed by atoms with E-state index in [1.165, 1.54) is 0 Å². The molecule has 1 saturated heterocycles. The maximum Gasteiger partial charge on any atom is 0.256 e. The van der Waals surface area contributed by atoms with Gasteiger partial charge in [0, 0.05) is 32.4 Å². The molecule has 1 radical (unpaired) electrons. The monoisotopic (exact) mass is 204 g/mol. The van der Waals surface area contributed by atoms with Gasteiger partial charge in [0.05, 0.1) is 5.56 Å². The molecule has 1 aromatic rings. The molecule has 0 saturated carbocycles. The first-order valence-corrected chi connectivity index (χ1v) is 5.12. The fourth-order valence-corrected chi connectivity index (χ4v) is 1.66. The predicted molar refractivity (Wildman–Crippen MR) is 56.6 cm³/mol. The number of carbonyl (C=O) groups is 1. The lowest BCUT2D eigenvalue weighted by Crippen LogP contribution is -2.46. The van der Waals surface area contributed by atoms with E-state index >= 15 is 0 Å². The van der Waals surface area contributed by atoms with Gasteiger partial charge in [0.1, 0.15) is 6.20 Å². The van der Waals surface area contributed by atoms with E-state index in [-0.39, 0.29) is 5.91 Å². The van der Waals surface area contributed by atoms with Crippen LogP contribution in [0.15, 0.2) is 12.3 Å². The molecule has 1 fully saturated rings. The summed E-state index contributed by atoms with van der Waals surface area (Å²) in [6.45, 7) is 5.17. The number of carbonyl (C=O) groups excluding carboxylic acids is 1. The average Bonchev–Trinajstić information content (AvgIpc) is 2.30. The molecular formula is C11H14N3O. The van der Waals surface area contributed by atoms with E-state index in [0.29, 0.717) is 5.56 Å². The van der Waals surface area contributed by atoms with Crippen LogP contribution in [0.2, 0.25) is 0 Å². The number of aromatic nitrogens is 1. The second kappa shape index (κ2) is 4.40. The van der Waals surface area contributed by atoms with E-state index in [1.54, 1.807) is 6.20 Å². The van der Waals surface area contributed by atoms with Gasteiger partial charge in [0.25, 0.3) is 5.91 Å². The van der Waals surface area contributed by atoms with Gasteiger partial charge in [0.15, 0.2) is 0 Å². The number of piperazine rings is 1. The van der Waals surface area contributed by atoms with Crippen LogP contribution in [0, 0.1) is 13.1 Å². The highest BCUT2D eigenvalue weighted by Crippen LogP contribution is 2.08. The molecule has 4 heteroatoms. The van der Waals surface area contributed by atoms with Gasteiger partial charge < -0.3 is 10.2 Å². The molecule has 0 aliphatic carbocycles. The minimum absolute atomic E-state index is 0.0436. The van der Waals surface area contributed by atoms with Crippen LogP contribution >= 0.6 is 0 Å². The van der Waals surface area contributed by atoms with Crippen molar-refractivity contribution in [2.75, 3.05) is 26.2 Å². The Kier molecular flexibility index (Phi) is 2.97. The fraction of sp³-hybridized carbons (Fsp3) is 0.455. The molecule has 0 atom stereocenters. The molecule has 4 nitrogen and oxygen atoms in total. The Morgan fingerprint density at radius 2 is 2.27 bits per heavy atom. The van der Waals surface area contributed by atoms with E-state index in [4.69, 9.17) is 0 Å². The Morgan fingerprint density at radius 3 is 2.93 bits per heavy atom. The van der Waals surface area contributed by atoms with Crippen molar-refractivity contribution in [2.24, 2.45) is 0 Å². The number of pyridine rings is 1. The molecule has 0 bridgehead atoms. The third kappa shape index (κ3) is 2.15. The lowest BCUT2D eigenvalue weighted by molar-refractivity contribution is 0.0734. The van der Waals surface area contributed by atoms with Crippen molar-refractivity contribution in [2.45, 2.75) is 6.92 Å². The Labute approximate surface area is 89.3 Å². The summed E-state index contributed by atoms with van der Waals surface area (Å²) in [5.41, 5.74) is 1.54. The van der Waals surface area contributed by atoms with Crippen LogP contribution in [0.4, 0.5) is 0 Å². The van der Waals surface area contributed by atoms with Crippen molar-refractivity contribution in [3.8, 4) is 0 Å². The first kappa shape index (κ1) is 10.1. The summed E-state index contributed by atoms with van der Waals surface area (Å²) in [5.74, 6) is 0.0436. The summed E-state index contributed by atoms with van der Waals surface area (Å²) in [6, 6.07) is 1.84. The standard InChI is InChI=1S/C11H14N3O/c1-9-2-3-13-8-10(9)11(15)14-6-4-12-5-7-14/h2-3,12H,4-7H2,1H3. The zero-order valence-electron chi connectivity index (χ0n) is 8.79. The van der Waals surface area contributed by atoms with Gasteiger partial charge in [-0.1, -0.05) is 0 Å². The maximum absolute atomic E-state index is 12.0. The van der Waals surface area contributed by atoms with Crippen molar-refractivity contribution in [3.05, 3.63) is 29.6 Å². The van der Waals surface area contributed by atoms with Crippen molar-refractivity contribution < 1.29 is 4.79 Å². The van der Waals surface area contributed by atoms with E-state index in [9.17, 15) is 4.79 Å². The van der Waals surface area contributed by atoms with Gasteiger partial charge >= 0.3 is 0 Å². The highest BCUT2D eigenvalue weighted by atomic mass is 16.2. The molecule has 1 amide bonds. The van der Waals surface area contributed by atoms with Crippen LogP contribution in [0.1, 0.15) is 15.9 Å². The first-order valence-electron chi connectivity index (χ1n) is 5.12. The number of hydrogen-bond acceptors (Lipinski definition) is 3. The van der Waals surface area contributed by atoms with Gasteiger partial charge in [0.2, 0.25) is 0 Å². The summed E-state index contributed by atoms with van der Waals surface area (Å²) in [6.07, 6.45) is 4.43. The molecule has 1 N–H and O–H groups in total. The van der Waals surface area contributed by atoms with Gasteiger partial charge in [-0.2, -0.15) is 0 Å². The zero-order valence-corrected chi connectivity index (χ0v) is 8.79. The minimum atomic E-state index is 0.0436.